The van der Waals surface area contributed by atoms with Gasteiger partial charge in [-0.2, -0.15) is 5.10 Å². The van der Waals surface area contributed by atoms with Gasteiger partial charge in [-0.1, -0.05) is 0 Å². The number of carbonyl (C=O) groups excluding carboxylic acids is 1. The predicted octanol–water partition coefficient (Wildman–Crippen LogP) is 0.512. The van der Waals surface area contributed by atoms with Crippen LogP contribution in [-0.2, 0) is 11.3 Å². The van der Waals surface area contributed by atoms with Crippen molar-refractivity contribution < 1.29 is 14.7 Å². The molecule has 1 fully saturated rings. The van der Waals surface area contributed by atoms with Gasteiger partial charge in [0.2, 0.25) is 5.91 Å². The molecule has 1 N–H and O–H groups in total. The first-order valence-corrected chi connectivity index (χ1v) is 5.63. The molecule has 2 rings (SSSR count). The molecular weight excluding hydrogens is 222 g/mol. The highest BCUT2D eigenvalue weighted by molar-refractivity contribution is 5.88. The van der Waals surface area contributed by atoms with Crippen molar-refractivity contribution in [2.24, 2.45) is 0 Å². The summed E-state index contributed by atoms with van der Waals surface area (Å²) in [4.78, 5) is 24.4. The highest BCUT2D eigenvalue weighted by atomic mass is 16.4. The summed E-state index contributed by atoms with van der Waals surface area (Å²) in [6.45, 7) is 3.34. The van der Waals surface area contributed by atoms with Crippen LogP contribution in [0.3, 0.4) is 0 Å². The van der Waals surface area contributed by atoms with Crippen LogP contribution in [0.2, 0.25) is 0 Å². The van der Waals surface area contributed by atoms with E-state index in [1.54, 1.807) is 11.8 Å². The summed E-state index contributed by atoms with van der Waals surface area (Å²) in [6.07, 6.45) is 3.50. The number of aromatic nitrogens is 2. The summed E-state index contributed by atoms with van der Waals surface area (Å²) in [5, 5.41) is 12.9. The first-order chi connectivity index (χ1) is 8.08. The van der Waals surface area contributed by atoms with Gasteiger partial charge in [0.05, 0.1) is 5.69 Å². The molecule has 2 heterocycles. The molecule has 17 heavy (non-hydrogen) atoms. The zero-order valence-corrected chi connectivity index (χ0v) is 9.72. The standard InChI is InChI=1S/C11H15N3O3/c1-8-9(11(16)17)6-14(12-8)7-10(15)13-4-2-3-5-13/h6H,2-5,7H2,1H3,(H,16,17). The molecule has 0 unspecified atom stereocenters. The van der Waals surface area contributed by atoms with E-state index in [1.807, 2.05) is 0 Å². The Morgan fingerprint density at radius 2 is 2.06 bits per heavy atom. The van der Waals surface area contributed by atoms with E-state index in [2.05, 4.69) is 5.10 Å². The van der Waals surface area contributed by atoms with Crippen LogP contribution in [0.5, 0.6) is 0 Å². The first kappa shape index (κ1) is 11.6. The summed E-state index contributed by atoms with van der Waals surface area (Å²) in [5.41, 5.74) is 0.589. The third-order valence-corrected chi connectivity index (χ3v) is 2.93. The average molecular weight is 237 g/mol. The maximum absolute atomic E-state index is 11.8. The summed E-state index contributed by atoms with van der Waals surface area (Å²) < 4.78 is 1.40. The number of carboxylic acid groups (broad SMARTS) is 1. The Balaban J connectivity index is 2.05. The Hall–Kier alpha value is -1.85. The van der Waals surface area contributed by atoms with Crippen LogP contribution in [0.15, 0.2) is 6.20 Å². The normalized spacial score (nSPS) is 15.2. The molecular formula is C11H15N3O3. The Morgan fingerprint density at radius 1 is 1.41 bits per heavy atom. The number of carbonyl (C=O) groups is 2. The number of hydrogen-bond donors (Lipinski definition) is 1. The van der Waals surface area contributed by atoms with Crippen molar-refractivity contribution in [3.8, 4) is 0 Å². The van der Waals surface area contributed by atoms with E-state index >= 15 is 0 Å². The van der Waals surface area contributed by atoms with E-state index in [-0.39, 0.29) is 18.0 Å². The fourth-order valence-electron chi connectivity index (χ4n) is 2.01. The zero-order valence-electron chi connectivity index (χ0n) is 9.72. The third kappa shape index (κ3) is 2.46. The van der Waals surface area contributed by atoms with Crippen molar-refractivity contribution in [2.45, 2.75) is 26.3 Å². The topological polar surface area (TPSA) is 75.4 Å². The molecule has 1 aliphatic heterocycles. The van der Waals surface area contributed by atoms with Crippen molar-refractivity contribution in [3.63, 3.8) is 0 Å². The number of nitrogens with zero attached hydrogens (tertiary/aromatic N) is 3. The van der Waals surface area contributed by atoms with Crippen molar-refractivity contribution >= 4 is 11.9 Å². The highest BCUT2D eigenvalue weighted by Crippen LogP contribution is 2.10. The molecule has 1 aromatic rings. The van der Waals surface area contributed by atoms with Crippen molar-refractivity contribution in [3.05, 3.63) is 17.5 Å². The van der Waals surface area contributed by atoms with Gasteiger partial charge in [-0.3, -0.25) is 9.48 Å². The van der Waals surface area contributed by atoms with Crippen LogP contribution in [0.4, 0.5) is 0 Å². The number of carboxylic acids is 1. The lowest BCUT2D eigenvalue weighted by Crippen LogP contribution is -2.31. The maximum atomic E-state index is 11.8. The minimum atomic E-state index is -1.01. The first-order valence-electron chi connectivity index (χ1n) is 5.63. The van der Waals surface area contributed by atoms with Gasteiger partial charge in [0.25, 0.3) is 0 Å². The number of amides is 1. The predicted molar refractivity (Wildman–Crippen MR) is 59.7 cm³/mol. The number of hydrogen-bond acceptors (Lipinski definition) is 3. The molecule has 0 radical (unpaired) electrons. The van der Waals surface area contributed by atoms with Crippen molar-refractivity contribution in [1.29, 1.82) is 0 Å². The Morgan fingerprint density at radius 3 is 2.59 bits per heavy atom. The molecule has 0 bridgehead atoms. The molecule has 1 aliphatic rings. The van der Waals surface area contributed by atoms with E-state index in [4.69, 9.17) is 5.11 Å². The summed E-state index contributed by atoms with van der Waals surface area (Å²) in [7, 11) is 0. The zero-order chi connectivity index (χ0) is 12.4. The van der Waals surface area contributed by atoms with Crippen LogP contribution in [-0.4, -0.2) is 44.8 Å². The Kier molecular flexibility index (Phi) is 3.12. The molecule has 1 amide bonds. The lowest BCUT2D eigenvalue weighted by Gasteiger charge is -2.14. The van der Waals surface area contributed by atoms with Gasteiger partial charge in [-0.15, -0.1) is 0 Å². The highest BCUT2D eigenvalue weighted by Gasteiger charge is 2.19. The Labute approximate surface area is 98.8 Å². The number of rotatable bonds is 3. The smallest absolute Gasteiger partial charge is 0.339 e. The SMILES string of the molecule is Cc1nn(CC(=O)N2CCCC2)cc1C(=O)O. The molecule has 0 aliphatic carbocycles. The monoisotopic (exact) mass is 237 g/mol. The van der Waals surface area contributed by atoms with Gasteiger partial charge in [-0.05, 0) is 19.8 Å². The minimum Gasteiger partial charge on any atom is -0.478 e. The van der Waals surface area contributed by atoms with E-state index < -0.39 is 5.97 Å². The van der Waals surface area contributed by atoms with Gasteiger partial charge in [0.15, 0.2) is 0 Å². The van der Waals surface area contributed by atoms with Crippen LogP contribution >= 0.6 is 0 Å². The van der Waals surface area contributed by atoms with E-state index in [0.717, 1.165) is 25.9 Å². The Bertz CT molecular complexity index is 447. The minimum absolute atomic E-state index is 0.00180. The molecule has 6 heteroatoms. The molecule has 1 saturated heterocycles. The summed E-state index contributed by atoms with van der Waals surface area (Å²) >= 11 is 0. The van der Waals surface area contributed by atoms with E-state index in [9.17, 15) is 9.59 Å². The van der Waals surface area contributed by atoms with Crippen molar-refractivity contribution in [1.82, 2.24) is 14.7 Å². The molecule has 92 valence electrons. The second-order valence-corrected chi connectivity index (χ2v) is 4.22. The largest absolute Gasteiger partial charge is 0.478 e. The third-order valence-electron chi connectivity index (χ3n) is 2.93. The van der Waals surface area contributed by atoms with E-state index in [1.165, 1.54) is 10.9 Å². The lowest BCUT2D eigenvalue weighted by atomic mass is 10.3. The van der Waals surface area contributed by atoms with Crippen LogP contribution in [0, 0.1) is 6.92 Å². The molecule has 6 nitrogen and oxygen atoms in total. The lowest BCUT2D eigenvalue weighted by molar-refractivity contribution is -0.130. The number of likely N-dealkylation sites (tertiary alicyclic amines) is 1. The quantitative estimate of drug-likeness (QED) is 0.831. The average Bonchev–Trinajstić information content (AvgIpc) is 2.86. The number of aromatic carboxylic acids is 1. The fraction of sp³-hybridized carbons (Fsp3) is 0.545. The van der Waals surface area contributed by atoms with Gasteiger partial charge in [0.1, 0.15) is 12.1 Å². The fourth-order valence-corrected chi connectivity index (χ4v) is 2.01. The summed E-state index contributed by atoms with van der Waals surface area (Å²) in [6, 6.07) is 0. The van der Waals surface area contributed by atoms with Gasteiger partial charge in [-0.25, -0.2) is 4.79 Å². The van der Waals surface area contributed by atoms with Crippen LogP contribution in [0.25, 0.3) is 0 Å². The summed E-state index contributed by atoms with van der Waals surface area (Å²) in [5.74, 6) is -1.01. The second kappa shape index (κ2) is 4.57. The molecule has 0 spiro atoms. The van der Waals surface area contributed by atoms with Crippen LogP contribution in [0.1, 0.15) is 28.9 Å². The second-order valence-electron chi connectivity index (χ2n) is 4.22. The van der Waals surface area contributed by atoms with Crippen LogP contribution < -0.4 is 0 Å². The number of aryl methyl sites for hydroxylation is 1. The van der Waals surface area contributed by atoms with Crippen molar-refractivity contribution in [2.75, 3.05) is 13.1 Å². The van der Waals surface area contributed by atoms with Gasteiger partial charge >= 0.3 is 5.97 Å². The van der Waals surface area contributed by atoms with E-state index in [0.29, 0.717) is 5.69 Å². The van der Waals surface area contributed by atoms with Gasteiger partial charge < -0.3 is 10.0 Å². The molecule has 0 atom stereocenters. The van der Waals surface area contributed by atoms with Gasteiger partial charge in [0, 0.05) is 19.3 Å². The molecule has 0 saturated carbocycles. The maximum Gasteiger partial charge on any atom is 0.339 e. The molecule has 0 aromatic carbocycles. The molecule has 1 aromatic heterocycles.